The zero-order valence-corrected chi connectivity index (χ0v) is 10.3. The molecular formula is C13H13N3S. The van der Waals surface area contributed by atoms with E-state index in [9.17, 15) is 0 Å². The Morgan fingerprint density at radius 1 is 1.35 bits per heavy atom. The van der Waals surface area contributed by atoms with Crippen molar-refractivity contribution >= 4 is 22.4 Å². The summed E-state index contributed by atoms with van der Waals surface area (Å²) in [6, 6.07) is 6.06. The smallest absolute Gasteiger partial charge is 0.139 e. The van der Waals surface area contributed by atoms with Crippen LogP contribution in [-0.4, -0.2) is 9.97 Å². The molecule has 3 rings (SSSR count). The number of thiophene rings is 1. The summed E-state index contributed by atoms with van der Waals surface area (Å²) >= 11 is 1.70. The highest BCUT2D eigenvalue weighted by Crippen LogP contribution is 2.27. The second kappa shape index (κ2) is 3.98. The van der Waals surface area contributed by atoms with Gasteiger partial charge in [0.2, 0.25) is 0 Å². The van der Waals surface area contributed by atoms with Gasteiger partial charge in [-0.2, -0.15) is 11.3 Å². The van der Waals surface area contributed by atoms with E-state index in [1.165, 1.54) is 11.1 Å². The Hall–Kier alpha value is -1.65. The van der Waals surface area contributed by atoms with Crippen LogP contribution in [0.3, 0.4) is 0 Å². The molecule has 0 radical (unpaired) electrons. The van der Waals surface area contributed by atoms with Gasteiger partial charge in [0.05, 0.1) is 11.0 Å². The molecule has 0 atom stereocenters. The third-order valence-corrected chi connectivity index (χ3v) is 3.79. The first-order valence-corrected chi connectivity index (χ1v) is 6.44. The molecule has 0 aliphatic rings. The molecule has 0 saturated heterocycles. The van der Waals surface area contributed by atoms with E-state index in [4.69, 9.17) is 5.73 Å². The molecule has 0 aliphatic heterocycles. The minimum absolute atomic E-state index is 0.518. The van der Waals surface area contributed by atoms with Crippen LogP contribution in [0.4, 0.5) is 0 Å². The minimum Gasteiger partial charge on any atom is -0.338 e. The second-order valence-corrected chi connectivity index (χ2v) is 4.81. The largest absolute Gasteiger partial charge is 0.338 e. The molecule has 2 heterocycles. The molecule has 0 bridgehead atoms. The van der Waals surface area contributed by atoms with Crippen molar-refractivity contribution < 1.29 is 0 Å². The summed E-state index contributed by atoms with van der Waals surface area (Å²) in [7, 11) is 0. The van der Waals surface area contributed by atoms with Gasteiger partial charge in [-0.25, -0.2) is 4.98 Å². The van der Waals surface area contributed by atoms with Crippen molar-refractivity contribution in [2.24, 2.45) is 5.73 Å². The van der Waals surface area contributed by atoms with Crippen LogP contribution in [0, 0.1) is 6.92 Å². The summed E-state index contributed by atoms with van der Waals surface area (Å²) in [4.78, 5) is 8.01. The number of nitrogens with two attached hydrogens (primary N) is 1. The molecule has 3 nitrogen and oxygen atoms in total. The normalized spacial score (nSPS) is 11.2. The van der Waals surface area contributed by atoms with Gasteiger partial charge in [-0.3, -0.25) is 0 Å². The SMILES string of the molecule is Cc1cscc1-c1nc2c(CN)cccc2[nH]1. The molecule has 0 spiro atoms. The molecule has 3 aromatic rings. The Labute approximate surface area is 103 Å². The number of aryl methyl sites for hydroxylation is 1. The van der Waals surface area contributed by atoms with Gasteiger partial charge in [0.25, 0.3) is 0 Å². The Bertz CT molecular complexity index is 666. The molecule has 4 heteroatoms. The fourth-order valence-electron chi connectivity index (χ4n) is 1.99. The summed E-state index contributed by atoms with van der Waals surface area (Å²) in [5, 5.41) is 4.25. The van der Waals surface area contributed by atoms with Crippen molar-refractivity contribution in [3.05, 3.63) is 40.1 Å². The van der Waals surface area contributed by atoms with Crippen molar-refractivity contribution in [2.75, 3.05) is 0 Å². The predicted molar refractivity (Wildman–Crippen MR) is 72.0 cm³/mol. The number of para-hydroxylation sites is 1. The van der Waals surface area contributed by atoms with Gasteiger partial charge < -0.3 is 10.7 Å². The maximum absolute atomic E-state index is 5.72. The standard InChI is InChI=1S/C13H13N3S/c1-8-6-17-7-10(8)13-15-11-4-2-3-9(5-14)12(11)16-13/h2-4,6-7H,5,14H2,1H3,(H,15,16). The highest BCUT2D eigenvalue weighted by atomic mass is 32.1. The van der Waals surface area contributed by atoms with Crippen molar-refractivity contribution in [3.63, 3.8) is 0 Å². The predicted octanol–water partition coefficient (Wildman–Crippen LogP) is 3.06. The summed E-state index contributed by atoms with van der Waals surface area (Å²) in [5.74, 6) is 0.930. The second-order valence-electron chi connectivity index (χ2n) is 4.07. The first-order valence-electron chi connectivity index (χ1n) is 5.50. The summed E-state index contributed by atoms with van der Waals surface area (Å²) < 4.78 is 0. The quantitative estimate of drug-likeness (QED) is 0.726. The zero-order chi connectivity index (χ0) is 11.8. The lowest BCUT2D eigenvalue weighted by Crippen LogP contribution is -1.96. The number of aromatic nitrogens is 2. The van der Waals surface area contributed by atoms with Gasteiger partial charge in [0, 0.05) is 17.5 Å². The Morgan fingerprint density at radius 2 is 2.24 bits per heavy atom. The van der Waals surface area contributed by atoms with E-state index in [0.29, 0.717) is 6.54 Å². The van der Waals surface area contributed by atoms with Gasteiger partial charge in [0.1, 0.15) is 5.82 Å². The third kappa shape index (κ3) is 1.66. The Kier molecular flexibility index (Phi) is 2.46. The lowest BCUT2D eigenvalue weighted by atomic mass is 10.2. The molecule has 0 fully saturated rings. The number of rotatable bonds is 2. The van der Waals surface area contributed by atoms with Gasteiger partial charge in [-0.15, -0.1) is 0 Å². The average Bonchev–Trinajstić information content (AvgIpc) is 2.93. The molecule has 0 amide bonds. The summed E-state index contributed by atoms with van der Waals surface area (Å²) in [6.07, 6.45) is 0. The van der Waals surface area contributed by atoms with Gasteiger partial charge in [-0.05, 0) is 29.5 Å². The van der Waals surface area contributed by atoms with Crippen molar-refractivity contribution in [2.45, 2.75) is 13.5 Å². The topological polar surface area (TPSA) is 54.7 Å². The average molecular weight is 243 g/mol. The number of imidazole rings is 1. The number of nitrogens with zero attached hydrogens (tertiary/aromatic N) is 1. The Balaban J connectivity index is 2.24. The van der Waals surface area contributed by atoms with Crippen LogP contribution in [0.25, 0.3) is 22.4 Å². The van der Waals surface area contributed by atoms with Gasteiger partial charge >= 0.3 is 0 Å². The molecule has 0 saturated carbocycles. The monoisotopic (exact) mass is 243 g/mol. The van der Waals surface area contributed by atoms with Crippen LogP contribution in [-0.2, 0) is 6.54 Å². The third-order valence-electron chi connectivity index (χ3n) is 2.93. The summed E-state index contributed by atoms with van der Waals surface area (Å²) in [5.41, 5.74) is 11.3. The van der Waals surface area contributed by atoms with E-state index >= 15 is 0 Å². The first kappa shape index (κ1) is 10.5. The molecule has 17 heavy (non-hydrogen) atoms. The Morgan fingerprint density at radius 3 is 2.94 bits per heavy atom. The molecule has 86 valence electrons. The van der Waals surface area contributed by atoms with Crippen LogP contribution in [0.2, 0.25) is 0 Å². The van der Waals surface area contributed by atoms with Crippen LogP contribution in [0.1, 0.15) is 11.1 Å². The molecule has 0 aliphatic carbocycles. The lowest BCUT2D eigenvalue weighted by molar-refractivity contribution is 1.08. The van der Waals surface area contributed by atoms with E-state index in [-0.39, 0.29) is 0 Å². The number of fused-ring (bicyclic) bond motifs is 1. The number of nitrogens with one attached hydrogen (secondary N) is 1. The maximum atomic E-state index is 5.72. The van der Waals surface area contributed by atoms with E-state index < -0.39 is 0 Å². The van der Waals surface area contributed by atoms with Crippen molar-refractivity contribution in [1.82, 2.24) is 9.97 Å². The molecule has 3 N–H and O–H groups in total. The van der Waals surface area contributed by atoms with Gasteiger partial charge in [0.15, 0.2) is 0 Å². The summed E-state index contributed by atoms with van der Waals surface area (Å²) in [6.45, 7) is 2.62. The van der Waals surface area contributed by atoms with Crippen molar-refractivity contribution in [1.29, 1.82) is 0 Å². The highest BCUT2D eigenvalue weighted by molar-refractivity contribution is 7.08. The number of hydrogen-bond acceptors (Lipinski definition) is 3. The molecule has 1 aromatic carbocycles. The van der Waals surface area contributed by atoms with Crippen LogP contribution < -0.4 is 5.73 Å². The van der Waals surface area contributed by atoms with Crippen molar-refractivity contribution in [3.8, 4) is 11.4 Å². The lowest BCUT2D eigenvalue weighted by Gasteiger charge is -1.95. The molecular weight excluding hydrogens is 230 g/mol. The number of benzene rings is 1. The van der Waals surface area contributed by atoms with Gasteiger partial charge in [-0.1, -0.05) is 12.1 Å². The fourth-order valence-corrected chi connectivity index (χ4v) is 2.82. The molecule has 0 unspecified atom stereocenters. The fraction of sp³-hybridized carbons (Fsp3) is 0.154. The number of aromatic amines is 1. The zero-order valence-electron chi connectivity index (χ0n) is 9.53. The number of hydrogen-bond donors (Lipinski definition) is 2. The van der Waals surface area contributed by atoms with Crippen LogP contribution >= 0.6 is 11.3 Å². The van der Waals surface area contributed by atoms with Crippen LogP contribution in [0.15, 0.2) is 29.0 Å². The first-order chi connectivity index (χ1) is 8.29. The van der Waals surface area contributed by atoms with E-state index in [1.54, 1.807) is 11.3 Å². The molecule has 2 aromatic heterocycles. The van der Waals surface area contributed by atoms with E-state index in [2.05, 4.69) is 27.7 Å². The van der Waals surface area contributed by atoms with E-state index in [1.807, 2.05) is 18.2 Å². The highest BCUT2D eigenvalue weighted by Gasteiger charge is 2.10. The number of H-pyrrole nitrogens is 1. The minimum atomic E-state index is 0.518. The maximum Gasteiger partial charge on any atom is 0.139 e. The van der Waals surface area contributed by atoms with E-state index in [0.717, 1.165) is 22.4 Å². The van der Waals surface area contributed by atoms with Crippen LogP contribution in [0.5, 0.6) is 0 Å².